The van der Waals surface area contributed by atoms with Gasteiger partial charge in [-0.25, -0.2) is 9.36 Å². The number of nitrogen functional groups attached to an aromatic ring is 1. The summed E-state index contributed by atoms with van der Waals surface area (Å²) in [6, 6.07) is 5.63. The predicted octanol–water partition coefficient (Wildman–Crippen LogP) is 3.69. The zero-order valence-electron chi connectivity index (χ0n) is 20.8. The highest BCUT2D eigenvalue weighted by molar-refractivity contribution is 7.99. The number of aromatic amines is 1. The molecule has 4 rings (SSSR count). The normalized spacial score (nSPS) is 14.5. The van der Waals surface area contributed by atoms with Crippen LogP contribution in [0.15, 0.2) is 34.6 Å². The van der Waals surface area contributed by atoms with Gasteiger partial charge in [-0.15, -0.1) is 0 Å². The number of fused-ring (bicyclic) bond motifs is 1. The summed E-state index contributed by atoms with van der Waals surface area (Å²) in [4.78, 5) is 25.6. The minimum atomic E-state index is -0.533. The van der Waals surface area contributed by atoms with Crippen molar-refractivity contribution in [3.05, 3.63) is 24.5 Å². The highest BCUT2D eigenvalue weighted by Gasteiger charge is 2.34. The van der Waals surface area contributed by atoms with Crippen LogP contribution in [0.2, 0.25) is 0 Å². The molecule has 1 aromatic carbocycles. The van der Waals surface area contributed by atoms with Crippen LogP contribution in [0.4, 0.5) is 10.6 Å². The van der Waals surface area contributed by atoms with Gasteiger partial charge in [0.15, 0.2) is 5.52 Å². The van der Waals surface area contributed by atoms with Crippen molar-refractivity contribution in [3.63, 3.8) is 0 Å². The number of imidazole rings is 1. The van der Waals surface area contributed by atoms with E-state index in [0.717, 1.165) is 35.7 Å². The molecule has 0 spiro atoms. The molecule has 2 aromatic heterocycles. The van der Waals surface area contributed by atoms with Gasteiger partial charge < -0.3 is 30.2 Å². The van der Waals surface area contributed by atoms with E-state index in [9.17, 15) is 4.79 Å². The third-order valence-electron chi connectivity index (χ3n) is 5.68. The van der Waals surface area contributed by atoms with Gasteiger partial charge in [0.25, 0.3) is 5.65 Å². The third-order valence-corrected chi connectivity index (χ3v) is 6.60. The van der Waals surface area contributed by atoms with Crippen LogP contribution in [0, 0.1) is 5.92 Å². The number of hydrogen-bond donors (Lipinski definition) is 3. The van der Waals surface area contributed by atoms with Crippen LogP contribution in [0.25, 0.3) is 11.2 Å². The number of anilines is 1. The fourth-order valence-electron chi connectivity index (χ4n) is 3.82. The maximum absolute atomic E-state index is 12.3. The lowest BCUT2D eigenvalue weighted by molar-refractivity contribution is -0.676. The monoisotopic (exact) mass is 501 g/mol. The molecular formula is C24H33N6O4S+. The zero-order valence-corrected chi connectivity index (χ0v) is 21.6. The van der Waals surface area contributed by atoms with E-state index in [1.165, 1.54) is 11.8 Å². The molecule has 1 unspecified atom stereocenters. The second-order valence-corrected chi connectivity index (χ2v) is 10.6. The summed E-state index contributed by atoms with van der Waals surface area (Å²) in [5.41, 5.74) is 6.99. The van der Waals surface area contributed by atoms with Gasteiger partial charge in [-0.3, -0.25) is 0 Å². The summed E-state index contributed by atoms with van der Waals surface area (Å²) in [6.07, 6.45) is 4.24. The first-order chi connectivity index (χ1) is 16.7. The summed E-state index contributed by atoms with van der Waals surface area (Å²) in [7, 11) is 3.25. The second kappa shape index (κ2) is 10.2. The number of amides is 1. The van der Waals surface area contributed by atoms with Crippen LogP contribution >= 0.6 is 11.8 Å². The number of benzene rings is 1. The summed E-state index contributed by atoms with van der Waals surface area (Å²) >= 11 is 1.42. The van der Waals surface area contributed by atoms with Gasteiger partial charge in [0.05, 0.1) is 25.7 Å². The van der Waals surface area contributed by atoms with Gasteiger partial charge in [-0.1, -0.05) is 9.97 Å². The van der Waals surface area contributed by atoms with Gasteiger partial charge in [-0.05, 0) is 75.9 Å². The molecule has 1 atom stereocenters. The van der Waals surface area contributed by atoms with Gasteiger partial charge in [-0.2, -0.15) is 0 Å². The number of H-pyrrole nitrogens is 1. The molecule has 1 aliphatic rings. The predicted molar refractivity (Wildman–Crippen MR) is 133 cm³/mol. The quantitative estimate of drug-likeness (QED) is 0.379. The smallest absolute Gasteiger partial charge is 0.407 e. The molecule has 0 aliphatic heterocycles. The van der Waals surface area contributed by atoms with Crippen molar-refractivity contribution in [2.24, 2.45) is 5.92 Å². The van der Waals surface area contributed by atoms with Crippen LogP contribution in [0.5, 0.6) is 11.5 Å². The van der Waals surface area contributed by atoms with Crippen molar-refractivity contribution < 1.29 is 23.6 Å². The average Bonchev–Trinajstić information content (AvgIpc) is 3.56. The Kier molecular flexibility index (Phi) is 7.25. The van der Waals surface area contributed by atoms with Crippen LogP contribution in [0.1, 0.15) is 40.0 Å². The maximum atomic E-state index is 12.3. The Labute approximate surface area is 209 Å². The molecule has 0 saturated heterocycles. The number of aryl methyl sites for hydroxylation is 1. The van der Waals surface area contributed by atoms with Crippen molar-refractivity contribution in [3.8, 4) is 11.5 Å². The number of alkyl carbamates (subject to hydrolysis) is 1. The Morgan fingerprint density at radius 3 is 2.74 bits per heavy atom. The Morgan fingerprint density at radius 2 is 2.09 bits per heavy atom. The molecule has 3 aromatic rings. The highest BCUT2D eigenvalue weighted by Crippen LogP contribution is 2.37. The zero-order chi connectivity index (χ0) is 25.2. The summed E-state index contributed by atoms with van der Waals surface area (Å²) in [5, 5.41) is 3.71. The molecule has 11 heteroatoms. The van der Waals surface area contributed by atoms with Gasteiger partial charge >= 0.3 is 6.09 Å². The number of nitrogens with two attached hydrogens (primary N) is 1. The summed E-state index contributed by atoms with van der Waals surface area (Å²) < 4.78 is 18.3. The second-order valence-electron chi connectivity index (χ2n) is 9.56. The highest BCUT2D eigenvalue weighted by atomic mass is 32.2. The van der Waals surface area contributed by atoms with Crippen molar-refractivity contribution in [2.75, 3.05) is 20.0 Å². The maximum Gasteiger partial charge on any atom is 0.407 e. The van der Waals surface area contributed by atoms with E-state index < -0.39 is 5.60 Å². The number of nitrogens with zero attached hydrogens (tertiary/aromatic N) is 3. The number of aromatic nitrogens is 4. The van der Waals surface area contributed by atoms with Gasteiger partial charge in [0.1, 0.15) is 17.1 Å². The number of carbonyl (C=O) groups is 1. The lowest BCUT2D eigenvalue weighted by Crippen LogP contribution is -2.44. The van der Waals surface area contributed by atoms with Gasteiger partial charge in [0, 0.05) is 6.04 Å². The van der Waals surface area contributed by atoms with E-state index >= 15 is 0 Å². The molecule has 1 fully saturated rings. The molecule has 1 amide bonds. The van der Waals surface area contributed by atoms with E-state index in [4.69, 9.17) is 24.9 Å². The van der Waals surface area contributed by atoms with E-state index in [0.29, 0.717) is 34.6 Å². The first-order valence-corrected chi connectivity index (χ1v) is 12.4. The number of hydrogen-bond acceptors (Lipinski definition) is 8. The van der Waals surface area contributed by atoms with Crippen LogP contribution in [-0.2, 0) is 11.3 Å². The van der Waals surface area contributed by atoms with E-state index in [-0.39, 0.29) is 12.1 Å². The first kappa shape index (κ1) is 24.9. The molecule has 2 heterocycles. The lowest BCUT2D eigenvalue weighted by atomic mass is 10.1. The Morgan fingerprint density at radius 1 is 1.31 bits per heavy atom. The topological polar surface area (TPSA) is 128 Å². The molecule has 1 saturated carbocycles. The average molecular weight is 502 g/mol. The van der Waals surface area contributed by atoms with Crippen LogP contribution in [0.3, 0.4) is 0 Å². The fourth-order valence-corrected chi connectivity index (χ4v) is 4.74. The molecule has 0 bridgehead atoms. The van der Waals surface area contributed by atoms with E-state index in [1.807, 2.05) is 43.5 Å². The molecule has 0 radical (unpaired) electrons. The molecule has 188 valence electrons. The molecule has 4 N–H and O–H groups in total. The van der Waals surface area contributed by atoms with Crippen LogP contribution < -0.4 is 25.1 Å². The number of methoxy groups -OCH3 is 2. The summed E-state index contributed by atoms with van der Waals surface area (Å²) in [6.45, 7) is 6.21. The lowest BCUT2D eigenvalue weighted by Gasteiger charge is -2.23. The number of rotatable bonds is 9. The standard InChI is InChI=1S/C24H32N6O4S/c1-24(2,3)34-23(31)27-16(14-6-7-14)10-11-30-13-26-20(25)19-21(30)29-22(28-19)35-18-12-15(32-4)8-9-17(18)33-5/h8-9,12-14,16H,6-7,10-11H2,1-5H3,(H3,25,27,28,29,31)/p+1. The molecule has 35 heavy (non-hydrogen) atoms. The Hall–Kier alpha value is -3.21. The van der Waals surface area contributed by atoms with E-state index in [2.05, 4.69) is 15.3 Å². The van der Waals surface area contributed by atoms with E-state index in [1.54, 1.807) is 20.5 Å². The van der Waals surface area contributed by atoms with Gasteiger partial charge in [0.2, 0.25) is 17.3 Å². The minimum absolute atomic E-state index is 0.0267. The SMILES string of the molecule is COc1ccc(OC)c(Sc2nc3c([nH]2)c(N)nc[n+]3CCC(NC(=O)OC(C)(C)C)C2CC2)c1. The molecular weight excluding hydrogens is 468 g/mol. The largest absolute Gasteiger partial charge is 0.497 e. The fraction of sp³-hybridized carbons (Fsp3) is 0.500. The van der Waals surface area contributed by atoms with Crippen LogP contribution in [-0.4, -0.2) is 46.9 Å². The van der Waals surface area contributed by atoms with Crippen molar-refractivity contribution in [1.29, 1.82) is 0 Å². The number of carbonyl (C=O) groups excluding carboxylic acids is 1. The number of ether oxygens (including phenoxy) is 3. The summed E-state index contributed by atoms with van der Waals surface area (Å²) in [5.74, 6) is 2.28. The Bertz CT molecular complexity index is 1200. The van der Waals surface area contributed by atoms with Crippen molar-refractivity contribution >= 4 is 34.8 Å². The first-order valence-electron chi connectivity index (χ1n) is 11.6. The van der Waals surface area contributed by atoms with Crippen molar-refractivity contribution in [2.45, 2.75) is 68.3 Å². The number of nitrogens with one attached hydrogen (secondary N) is 2. The third kappa shape index (κ3) is 6.27. The Balaban J connectivity index is 1.52. The van der Waals surface area contributed by atoms with Crippen molar-refractivity contribution in [1.82, 2.24) is 20.3 Å². The molecule has 1 aliphatic carbocycles. The molecule has 10 nitrogen and oxygen atoms in total. The minimum Gasteiger partial charge on any atom is -0.497 e.